The van der Waals surface area contributed by atoms with Crippen molar-refractivity contribution in [3.8, 4) is 0 Å². The molecule has 0 radical (unpaired) electrons. The molecule has 4 atom stereocenters. The number of aliphatic hydroxyl groups excluding tert-OH is 1. The summed E-state index contributed by atoms with van der Waals surface area (Å²) in [6, 6.07) is 0. The number of esters is 1. The van der Waals surface area contributed by atoms with E-state index in [0.717, 1.165) is 44.1 Å². The number of rotatable bonds is 6. The summed E-state index contributed by atoms with van der Waals surface area (Å²) < 4.78 is 11.2. The van der Waals surface area contributed by atoms with Gasteiger partial charge < -0.3 is 14.6 Å². The van der Waals surface area contributed by atoms with E-state index < -0.39 is 0 Å². The normalized spacial score (nSPS) is 34.8. The summed E-state index contributed by atoms with van der Waals surface area (Å²) in [6.45, 7) is 6.20. The Bertz CT molecular complexity index is 339. The molecular weight excluding hydrogens is 244 g/mol. The zero-order chi connectivity index (χ0) is 13.8. The lowest BCUT2D eigenvalue weighted by Crippen LogP contribution is -2.15. The van der Waals surface area contributed by atoms with Crippen LogP contribution >= 0.6 is 0 Å². The van der Waals surface area contributed by atoms with E-state index in [1.54, 1.807) is 0 Å². The molecular formula is C15H24O4. The van der Waals surface area contributed by atoms with Gasteiger partial charge in [0, 0.05) is 6.61 Å². The van der Waals surface area contributed by atoms with Crippen molar-refractivity contribution in [2.75, 3.05) is 6.61 Å². The molecule has 2 unspecified atom stereocenters. The van der Waals surface area contributed by atoms with Crippen molar-refractivity contribution in [1.29, 1.82) is 0 Å². The van der Waals surface area contributed by atoms with Gasteiger partial charge in [0.25, 0.3) is 0 Å². The fourth-order valence-corrected chi connectivity index (χ4v) is 2.89. The zero-order valence-electron chi connectivity index (χ0n) is 11.6. The van der Waals surface area contributed by atoms with Crippen LogP contribution in [0.25, 0.3) is 0 Å². The maximum atomic E-state index is 11.3. The molecule has 0 bridgehead atoms. The second-order valence-electron chi connectivity index (χ2n) is 5.75. The summed E-state index contributed by atoms with van der Waals surface area (Å²) in [5.74, 6) is -0.0352. The predicted molar refractivity (Wildman–Crippen MR) is 71.6 cm³/mol. The van der Waals surface area contributed by atoms with Gasteiger partial charge in [0.15, 0.2) is 0 Å². The van der Waals surface area contributed by atoms with E-state index >= 15 is 0 Å². The molecule has 4 heteroatoms. The smallest absolute Gasteiger partial charge is 0.309 e. The van der Waals surface area contributed by atoms with Crippen LogP contribution in [0, 0.1) is 5.92 Å². The highest BCUT2D eigenvalue weighted by molar-refractivity contribution is 5.74. The molecule has 0 aromatic rings. The van der Waals surface area contributed by atoms with Gasteiger partial charge in [-0.2, -0.15) is 0 Å². The molecule has 2 heterocycles. The number of hydrogen-bond donors (Lipinski definition) is 1. The third kappa shape index (κ3) is 3.80. The molecule has 2 aliphatic heterocycles. The van der Waals surface area contributed by atoms with Crippen molar-refractivity contribution < 1.29 is 19.4 Å². The van der Waals surface area contributed by atoms with Crippen molar-refractivity contribution in [2.24, 2.45) is 5.92 Å². The summed E-state index contributed by atoms with van der Waals surface area (Å²) in [5, 5.41) is 8.83. The SMILES string of the molecule is C=C1CC(CCCO)OC1CC[C@@H]1C[C@@H](C)C(=O)O1. The Labute approximate surface area is 114 Å². The van der Waals surface area contributed by atoms with Crippen LogP contribution in [-0.2, 0) is 14.3 Å². The average molecular weight is 268 g/mol. The lowest BCUT2D eigenvalue weighted by Gasteiger charge is -2.15. The van der Waals surface area contributed by atoms with Crippen LogP contribution < -0.4 is 0 Å². The maximum Gasteiger partial charge on any atom is 0.309 e. The highest BCUT2D eigenvalue weighted by Gasteiger charge is 2.33. The number of carbonyl (C=O) groups excluding carboxylic acids is 1. The predicted octanol–water partition coefficient (Wildman–Crippen LogP) is 2.20. The zero-order valence-corrected chi connectivity index (χ0v) is 11.6. The van der Waals surface area contributed by atoms with E-state index in [-0.39, 0.29) is 36.8 Å². The highest BCUT2D eigenvalue weighted by atomic mass is 16.6. The fraction of sp³-hybridized carbons (Fsp3) is 0.800. The maximum absolute atomic E-state index is 11.3. The Hall–Kier alpha value is -0.870. The molecule has 108 valence electrons. The van der Waals surface area contributed by atoms with E-state index in [2.05, 4.69) is 6.58 Å². The summed E-state index contributed by atoms with van der Waals surface area (Å²) in [4.78, 5) is 11.3. The summed E-state index contributed by atoms with van der Waals surface area (Å²) in [5.41, 5.74) is 1.14. The number of cyclic esters (lactones) is 1. The van der Waals surface area contributed by atoms with Crippen molar-refractivity contribution >= 4 is 5.97 Å². The van der Waals surface area contributed by atoms with Crippen LogP contribution in [0.1, 0.15) is 45.4 Å². The molecule has 0 saturated carbocycles. The van der Waals surface area contributed by atoms with E-state index in [1.165, 1.54) is 0 Å². The Kier molecular flexibility index (Phi) is 4.99. The van der Waals surface area contributed by atoms with Crippen LogP contribution in [0.15, 0.2) is 12.2 Å². The molecule has 0 aromatic heterocycles. The number of ether oxygens (including phenoxy) is 2. The minimum absolute atomic E-state index is 0.0370. The third-order valence-corrected chi connectivity index (χ3v) is 4.04. The van der Waals surface area contributed by atoms with Gasteiger partial charge in [0.1, 0.15) is 6.10 Å². The van der Waals surface area contributed by atoms with E-state index in [4.69, 9.17) is 14.6 Å². The Morgan fingerprint density at radius 3 is 2.74 bits per heavy atom. The minimum atomic E-state index is -0.0722. The molecule has 0 aromatic carbocycles. The third-order valence-electron chi connectivity index (χ3n) is 4.04. The molecule has 0 aliphatic carbocycles. The van der Waals surface area contributed by atoms with Crippen molar-refractivity contribution in [3.63, 3.8) is 0 Å². The monoisotopic (exact) mass is 268 g/mol. The van der Waals surface area contributed by atoms with E-state index in [1.807, 2.05) is 6.92 Å². The number of hydrogen-bond acceptors (Lipinski definition) is 4. The Morgan fingerprint density at radius 1 is 1.32 bits per heavy atom. The van der Waals surface area contributed by atoms with Gasteiger partial charge in [-0.05, 0) is 44.1 Å². The summed E-state index contributed by atoms with van der Waals surface area (Å²) in [7, 11) is 0. The van der Waals surface area contributed by atoms with Crippen molar-refractivity contribution in [1.82, 2.24) is 0 Å². The van der Waals surface area contributed by atoms with Crippen LogP contribution in [0.4, 0.5) is 0 Å². The first-order valence-electron chi connectivity index (χ1n) is 7.24. The molecule has 19 heavy (non-hydrogen) atoms. The second-order valence-corrected chi connectivity index (χ2v) is 5.75. The molecule has 2 fully saturated rings. The Morgan fingerprint density at radius 2 is 2.11 bits per heavy atom. The first kappa shape index (κ1) is 14.5. The first-order chi connectivity index (χ1) is 9.10. The number of aliphatic hydroxyl groups is 1. The van der Waals surface area contributed by atoms with Crippen molar-refractivity contribution in [2.45, 2.75) is 63.8 Å². The van der Waals surface area contributed by atoms with Gasteiger partial charge in [0.05, 0.1) is 18.1 Å². The van der Waals surface area contributed by atoms with E-state index in [9.17, 15) is 4.79 Å². The summed E-state index contributed by atoms with van der Waals surface area (Å²) >= 11 is 0. The van der Waals surface area contributed by atoms with Gasteiger partial charge in [-0.15, -0.1) is 0 Å². The van der Waals surface area contributed by atoms with Gasteiger partial charge >= 0.3 is 5.97 Å². The largest absolute Gasteiger partial charge is 0.462 e. The second kappa shape index (κ2) is 6.53. The average Bonchev–Trinajstić information content (AvgIpc) is 2.88. The molecule has 1 N–H and O–H groups in total. The lowest BCUT2D eigenvalue weighted by molar-refractivity contribution is -0.144. The standard InChI is InChI=1S/C15H24O4/c1-10-8-12(4-3-7-16)18-14(10)6-5-13-9-11(2)15(17)19-13/h11-14,16H,1,3-9H2,2H3/t11-,12?,13-,14?/m1/s1. The van der Waals surface area contributed by atoms with Crippen LogP contribution in [0.3, 0.4) is 0 Å². The summed E-state index contributed by atoms with van der Waals surface area (Å²) in [6.07, 6.45) is 5.47. The lowest BCUT2D eigenvalue weighted by atomic mass is 9.99. The molecule has 2 aliphatic rings. The molecule has 2 saturated heterocycles. The molecule has 4 nitrogen and oxygen atoms in total. The first-order valence-corrected chi connectivity index (χ1v) is 7.24. The van der Waals surface area contributed by atoms with Crippen LogP contribution in [0.2, 0.25) is 0 Å². The number of carbonyl (C=O) groups is 1. The highest BCUT2D eigenvalue weighted by Crippen LogP contribution is 2.32. The minimum Gasteiger partial charge on any atom is -0.462 e. The van der Waals surface area contributed by atoms with Crippen molar-refractivity contribution in [3.05, 3.63) is 12.2 Å². The van der Waals surface area contributed by atoms with Crippen LogP contribution in [-0.4, -0.2) is 36.0 Å². The van der Waals surface area contributed by atoms with Crippen LogP contribution in [0.5, 0.6) is 0 Å². The van der Waals surface area contributed by atoms with Gasteiger partial charge in [0.2, 0.25) is 0 Å². The van der Waals surface area contributed by atoms with E-state index in [0.29, 0.717) is 0 Å². The fourth-order valence-electron chi connectivity index (χ4n) is 2.89. The topological polar surface area (TPSA) is 55.8 Å². The molecule has 2 rings (SSSR count). The Balaban J connectivity index is 1.71. The quantitative estimate of drug-likeness (QED) is 0.592. The molecule has 0 spiro atoms. The molecule has 0 amide bonds. The van der Waals surface area contributed by atoms with Gasteiger partial charge in [-0.3, -0.25) is 4.79 Å². The van der Waals surface area contributed by atoms with Gasteiger partial charge in [-0.1, -0.05) is 13.5 Å². The van der Waals surface area contributed by atoms with Gasteiger partial charge in [-0.25, -0.2) is 0 Å².